The number of nitrogens with two attached hydrogens (primary N) is 2. The maximum atomic E-state index is 12.6. The van der Waals surface area contributed by atoms with Crippen LogP contribution in [0.4, 0.5) is 8.78 Å². The lowest BCUT2D eigenvalue weighted by Gasteiger charge is -2.25. The Labute approximate surface area is 182 Å². The van der Waals surface area contributed by atoms with Crippen LogP contribution in [0.5, 0.6) is 0 Å². The fourth-order valence-corrected chi connectivity index (χ4v) is 3.36. The van der Waals surface area contributed by atoms with Gasteiger partial charge in [-0.3, -0.25) is 4.79 Å². The van der Waals surface area contributed by atoms with E-state index in [-0.39, 0.29) is 24.2 Å². The average molecular weight is 441 g/mol. The van der Waals surface area contributed by atoms with Gasteiger partial charge in [0.1, 0.15) is 0 Å². The molecule has 0 radical (unpaired) electrons. The van der Waals surface area contributed by atoms with Crippen LogP contribution >= 0.6 is 0 Å². The minimum atomic E-state index is -2.82. The molecule has 2 aromatic carbocycles. The molecule has 9 nitrogen and oxygen atoms in total. The summed E-state index contributed by atoms with van der Waals surface area (Å²) in [5.41, 5.74) is 9.60. The summed E-state index contributed by atoms with van der Waals surface area (Å²) in [4.78, 5) is 14.0. The topological polar surface area (TPSA) is 127 Å². The molecule has 0 atom stereocenters. The summed E-state index contributed by atoms with van der Waals surface area (Å²) >= 11 is 0. The van der Waals surface area contributed by atoms with Crippen molar-refractivity contribution in [3.63, 3.8) is 0 Å². The van der Waals surface area contributed by atoms with Crippen molar-refractivity contribution in [1.29, 1.82) is 0 Å². The van der Waals surface area contributed by atoms with E-state index in [1.807, 2.05) is 12.1 Å². The summed E-state index contributed by atoms with van der Waals surface area (Å²) in [7, 11) is 1.76. The maximum Gasteiger partial charge on any atom is 0.314 e. The molecule has 0 unspecified atom stereocenters. The second-order valence-electron chi connectivity index (χ2n) is 7.37. The van der Waals surface area contributed by atoms with Gasteiger partial charge in [0, 0.05) is 30.3 Å². The van der Waals surface area contributed by atoms with E-state index in [1.54, 1.807) is 42.3 Å². The van der Waals surface area contributed by atoms with Crippen molar-refractivity contribution in [1.82, 2.24) is 20.2 Å². The first-order valence-corrected chi connectivity index (χ1v) is 9.77. The van der Waals surface area contributed by atoms with Crippen molar-refractivity contribution in [2.24, 2.45) is 16.7 Å². The molecule has 1 aliphatic rings. The zero-order valence-corrected chi connectivity index (χ0v) is 17.2. The molecule has 1 aromatic heterocycles. The number of likely N-dealkylation sites (N-methyl/N-ethyl adjacent to an activating group) is 1. The van der Waals surface area contributed by atoms with Crippen molar-refractivity contribution >= 4 is 11.7 Å². The van der Waals surface area contributed by atoms with E-state index in [4.69, 9.17) is 16.0 Å². The number of aromatic nitrogens is 2. The highest BCUT2D eigenvalue weighted by Gasteiger charge is 2.22. The number of carbonyl (C=O) groups is 1. The summed E-state index contributed by atoms with van der Waals surface area (Å²) in [5, 5.41) is 12.3. The van der Waals surface area contributed by atoms with Crippen LogP contribution in [-0.2, 0) is 13.0 Å². The number of rotatable bonds is 6. The summed E-state index contributed by atoms with van der Waals surface area (Å²) in [6.45, 7) is 0.920. The number of halogens is 2. The van der Waals surface area contributed by atoms with Gasteiger partial charge in [0.25, 0.3) is 11.8 Å². The molecule has 4 N–H and O–H groups in total. The van der Waals surface area contributed by atoms with Gasteiger partial charge >= 0.3 is 6.43 Å². The zero-order chi connectivity index (χ0) is 22.8. The third kappa shape index (κ3) is 4.42. The van der Waals surface area contributed by atoms with Crippen LogP contribution in [0.25, 0.3) is 11.5 Å². The highest BCUT2D eigenvalue weighted by Crippen LogP contribution is 2.24. The first-order chi connectivity index (χ1) is 15.3. The SMILES string of the molecule is CN1CCc2ccc(/C(N)=N/N(N)Cc3ccc(-c4nnc(C(F)F)o4)cc3)cc2C1=O. The van der Waals surface area contributed by atoms with Gasteiger partial charge in [-0.1, -0.05) is 24.3 Å². The molecular formula is C21H21F2N7O2. The van der Waals surface area contributed by atoms with Gasteiger partial charge in [0.2, 0.25) is 5.89 Å². The zero-order valence-electron chi connectivity index (χ0n) is 17.2. The Morgan fingerprint density at radius 2 is 2.00 bits per heavy atom. The number of hydrazone groups is 1. The van der Waals surface area contributed by atoms with Gasteiger partial charge in [0.15, 0.2) is 5.84 Å². The molecule has 1 aliphatic heterocycles. The highest BCUT2D eigenvalue weighted by molar-refractivity contribution is 6.02. The Balaban J connectivity index is 1.44. The molecule has 0 bridgehead atoms. The van der Waals surface area contributed by atoms with Gasteiger partial charge < -0.3 is 15.1 Å². The van der Waals surface area contributed by atoms with E-state index in [2.05, 4.69) is 15.3 Å². The molecule has 1 amide bonds. The lowest BCUT2D eigenvalue weighted by molar-refractivity contribution is 0.0781. The largest absolute Gasteiger partial charge is 0.415 e. The minimum absolute atomic E-state index is 0.00585. The van der Waals surface area contributed by atoms with Gasteiger partial charge in [-0.15, -0.1) is 15.3 Å². The van der Waals surface area contributed by atoms with Crippen molar-refractivity contribution < 1.29 is 18.0 Å². The van der Waals surface area contributed by atoms with Crippen LogP contribution in [-0.4, -0.2) is 45.6 Å². The molecule has 0 fully saturated rings. The van der Waals surface area contributed by atoms with Crippen LogP contribution in [0.1, 0.15) is 39.4 Å². The number of hydrogen-bond acceptors (Lipinski definition) is 7. The van der Waals surface area contributed by atoms with Gasteiger partial charge in [-0.2, -0.15) is 8.78 Å². The van der Waals surface area contributed by atoms with E-state index in [1.165, 1.54) is 5.12 Å². The van der Waals surface area contributed by atoms with Crippen LogP contribution in [0.3, 0.4) is 0 Å². The predicted molar refractivity (Wildman–Crippen MR) is 112 cm³/mol. The molecule has 2 heterocycles. The van der Waals surface area contributed by atoms with Crippen LogP contribution in [0.15, 0.2) is 52.0 Å². The lowest BCUT2D eigenvalue weighted by Crippen LogP contribution is -2.34. The smallest absolute Gasteiger partial charge is 0.314 e. The molecule has 0 aliphatic carbocycles. The summed E-state index contributed by atoms with van der Waals surface area (Å²) in [6.07, 6.45) is -2.03. The van der Waals surface area contributed by atoms with Gasteiger partial charge in [0.05, 0.1) is 6.54 Å². The van der Waals surface area contributed by atoms with E-state index >= 15 is 0 Å². The number of hydrazine groups is 1. The van der Waals surface area contributed by atoms with Crippen LogP contribution < -0.4 is 11.6 Å². The average Bonchev–Trinajstić information content (AvgIpc) is 3.27. The normalized spacial score (nSPS) is 14.1. The van der Waals surface area contributed by atoms with Crippen molar-refractivity contribution in [3.8, 4) is 11.5 Å². The van der Waals surface area contributed by atoms with Gasteiger partial charge in [-0.25, -0.2) is 11.0 Å². The molecule has 166 valence electrons. The van der Waals surface area contributed by atoms with Crippen molar-refractivity contribution in [2.75, 3.05) is 13.6 Å². The standard InChI is InChI=1S/C21H21F2N7O2/c1-29-9-8-13-6-7-15(10-16(13)21(29)31)18(24)28-30(25)11-12-2-4-14(5-3-12)19-26-27-20(32-19)17(22)23/h2-7,10,17H,8-9,11,25H2,1H3,(H2,24,28). The van der Waals surface area contributed by atoms with Crippen LogP contribution in [0, 0.1) is 0 Å². The number of amidine groups is 1. The van der Waals surface area contributed by atoms with E-state index in [9.17, 15) is 13.6 Å². The second-order valence-corrected chi connectivity index (χ2v) is 7.37. The number of amides is 1. The number of fused-ring (bicyclic) bond motifs is 1. The molecular weight excluding hydrogens is 420 g/mol. The number of alkyl halides is 2. The fourth-order valence-electron chi connectivity index (χ4n) is 3.36. The second kappa shape index (κ2) is 8.71. The molecule has 0 saturated carbocycles. The summed E-state index contributed by atoms with van der Waals surface area (Å²) in [6, 6.07) is 12.2. The fraction of sp³-hybridized carbons (Fsp3) is 0.238. The molecule has 3 aromatic rings. The first-order valence-electron chi connectivity index (χ1n) is 9.77. The summed E-state index contributed by atoms with van der Waals surface area (Å²) in [5.74, 6) is 5.40. The van der Waals surface area contributed by atoms with Crippen molar-refractivity contribution in [3.05, 3.63) is 70.6 Å². The van der Waals surface area contributed by atoms with E-state index < -0.39 is 12.3 Å². The number of nitrogens with zero attached hydrogens (tertiary/aromatic N) is 5. The van der Waals surface area contributed by atoms with Crippen LogP contribution in [0.2, 0.25) is 0 Å². The molecule has 4 rings (SSSR count). The summed E-state index contributed by atoms with van der Waals surface area (Å²) < 4.78 is 30.1. The highest BCUT2D eigenvalue weighted by atomic mass is 19.3. The quantitative estimate of drug-likeness (QED) is 0.260. The van der Waals surface area contributed by atoms with Crippen molar-refractivity contribution in [2.45, 2.75) is 19.4 Å². The molecule has 0 spiro atoms. The Hall–Kier alpha value is -3.86. The molecule has 32 heavy (non-hydrogen) atoms. The van der Waals surface area contributed by atoms with E-state index in [0.717, 1.165) is 17.5 Å². The monoisotopic (exact) mass is 441 g/mol. The Bertz CT molecular complexity index is 1160. The maximum absolute atomic E-state index is 12.6. The number of hydrogen-bond donors (Lipinski definition) is 2. The Morgan fingerprint density at radius 3 is 2.69 bits per heavy atom. The Kier molecular flexibility index (Phi) is 5.82. The number of carbonyl (C=O) groups excluding carboxylic acids is 1. The van der Waals surface area contributed by atoms with Gasteiger partial charge in [-0.05, 0) is 35.7 Å². The third-order valence-corrected chi connectivity index (χ3v) is 5.11. The molecule has 11 heteroatoms. The predicted octanol–water partition coefficient (Wildman–Crippen LogP) is 2.30. The van der Waals surface area contributed by atoms with E-state index in [0.29, 0.717) is 23.2 Å². The lowest BCUT2D eigenvalue weighted by atomic mass is 9.97. The minimum Gasteiger partial charge on any atom is -0.415 e. The number of benzene rings is 2. The third-order valence-electron chi connectivity index (χ3n) is 5.11. The first kappa shape index (κ1) is 21.4. The Morgan fingerprint density at radius 1 is 1.25 bits per heavy atom. The molecule has 0 saturated heterocycles.